The van der Waals surface area contributed by atoms with E-state index in [1.165, 1.54) is 4.90 Å². The highest BCUT2D eigenvalue weighted by Gasteiger charge is 2.50. The van der Waals surface area contributed by atoms with Crippen LogP contribution in [0.3, 0.4) is 0 Å². The maximum atomic E-state index is 12.8. The predicted molar refractivity (Wildman–Crippen MR) is 128 cm³/mol. The Balaban J connectivity index is 2.36. The topological polar surface area (TPSA) is 59.0 Å². The highest BCUT2D eigenvalue weighted by molar-refractivity contribution is 6.99. The van der Waals surface area contributed by atoms with Gasteiger partial charge in [-0.1, -0.05) is 81.4 Å². The molecule has 0 unspecified atom stereocenters. The summed E-state index contributed by atoms with van der Waals surface area (Å²) in [6.45, 7) is 9.25. The molecule has 1 N–H and O–H groups in total. The number of nitrogens with zero attached hydrogens (tertiary/aromatic N) is 1. The quantitative estimate of drug-likeness (QED) is 0.427. The molecule has 0 aromatic heterocycles. The van der Waals surface area contributed by atoms with E-state index in [4.69, 9.17) is 14.3 Å². The summed E-state index contributed by atoms with van der Waals surface area (Å²) in [4.78, 5) is 13.8. The van der Waals surface area contributed by atoms with Crippen LogP contribution in [0.2, 0.25) is 5.04 Å². The molecule has 0 atom stereocenters. The zero-order valence-electron chi connectivity index (χ0n) is 19.8. The van der Waals surface area contributed by atoms with Gasteiger partial charge < -0.3 is 19.2 Å². The third-order valence-electron chi connectivity index (χ3n) is 5.49. The fraction of sp³-hybridized carbons (Fsp3) is 0.400. The molecule has 0 aliphatic rings. The van der Waals surface area contributed by atoms with Crippen molar-refractivity contribution >= 4 is 24.8 Å². The number of carbonyl (C=O) groups excluding carboxylic acids is 1. The van der Waals surface area contributed by atoms with E-state index in [0.29, 0.717) is 0 Å². The van der Waals surface area contributed by atoms with Crippen molar-refractivity contribution in [2.75, 3.05) is 19.8 Å². The summed E-state index contributed by atoms with van der Waals surface area (Å²) in [6, 6.07) is 19.8. The van der Waals surface area contributed by atoms with Gasteiger partial charge in [0.1, 0.15) is 6.61 Å². The Kier molecular flexibility index (Phi) is 9.33. The molecular weight excluding hydrogens is 444 g/mol. The van der Waals surface area contributed by atoms with E-state index in [1.54, 1.807) is 13.8 Å². The molecule has 0 heterocycles. The van der Waals surface area contributed by atoms with Crippen LogP contribution in [0.5, 0.6) is 0 Å². The molecular formula is C25H33F2NO4Si. The highest BCUT2D eigenvalue weighted by atomic mass is 28.4. The standard InChI is InChI=1S/C25H33F2NO4Si/c1-19(2)28(24(30)32-22(18-29)23(26)27)16-17-31-33(25(3,4)5,20-12-8-6-9-13-20)21-14-10-7-11-15-21/h6-15,19,29H,16-18H2,1-5H3. The molecule has 1 amide bonds. The van der Waals surface area contributed by atoms with Crippen LogP contribution in [0.4, 0.5) is 13.6 Å². The number of rotatable bonds is 9. The van der Waals surface area contributed by atoms with E-state index in [9.17, 15) is 13.6 Å². The maximum Gasteiger partial charge on any atom is 0.415 e. The second kappa shape index (κ2) is 11.5. The highest BCUT2D eigenvalue weighted by Crippen LogP contribution is 2.36. The van der Waals surface area contributed by atoms with Gasteiger partial charge >= 0.3 is 12.2 Å². The lowest BCUT2D eigenvalue weighted by atomic mass is 10.2. The average molecular weight is 478 g/mol. The fourth-order valence-electron chi connectivity index (χ4n) is 3.91. The second-order valence-electron chi connectivity index (χ2n) is 9.01. The van der Waals surface area contributed by atoms with E-state index in [2.05, 4.69) is 45.0 Å². The summed E-state index contributed by atoms with van der Waals surface area (Å²) >= 11 is 0. The molecule has 0 saturated heterocycles. The number of hydrogen-bond donors (Lipinski definition) is 1. The summed E-state index contributed by atoms with van der Waals surface area (Å²) in [5, 5.41) is 11.0. The average Bonchev–Trinajstić information content (AvgIpc) is 2.77. The van der Waals surface area contributed by atoms with Crippen molar-refractivity contribution in [1.29, 1.82) is 0 Å². The molecule has 0 radical (unpaired) electrons. The Bertz CT molecular complexity index is 887. The lowest BCUT2D eigenvalue weighted by Gasteiger charge is -2.43. The molecule has 0 aliphatic heterocycles. The number of benzene rings is 2. The molecule has 8 heteroatoms. The molecule has 0 aliphatic carbocycles. The Morgan fingerprint density at radius 2 is 1.48 bits per heavy atom. The maximum absolute atomic E-state index is 12.8. The van der Waals surface area contributed by atoms with Crippen LogP contribution in [-0.4, -0.2) is 50.2 Å². The lowest BCUT2D eigenvalue weighted by molar-refractivity contribution is 0.0903. The van der Waals surface area contributed by atoms with E-state index in [0.717, 1.165) is 10.4 Å². The monoisotopic (exact) mass is 477 g/mol. The van der Waals surface area contributed by atoms with Crippen LogP contribution < -0.4 is 10.4 Å². The van der Waals surface area contributed by atoms with E-state index in [1.807, 2.05) is 36.4 Å². The Morgan fingerprint density at radius 1 is 1.00 bits per heavy atom. The summed E-state index contributed by atoms with van der Waals surface area (Å²) in [5.74, 6) is -1.04. The molecule has 33 heavy (non-hydrogen) atoms. The first-order valence-corrected chi connectivity index (χ1v) is 12.8. The van der Waals surface area contributed by atoms with Gasteiger partial charge in [0, 0.05) is 12.6 Å². The molecule has 0 spiro atoms. The summed E-state index contributed by atoms with van der Waals surface area (Å²) in [5.41, 5.74) is 0. The molecule has 2 aromatic carbocycles. The Hall–Kier alpha value is -2.55. The molecule has 2 rings (SSSR count). The van der Waals surface area contributed by atoms with Gasteiger partial charge in [0.2, 0.25) is 0 Å². The molecule has 2 aromatic rings. The van der Waals surface area contributed by atoms with Crippen LogP contribution in [0.25, 0.3) is 0 Å². The van der Waals surface area contributed by atoms with Gasteiger partial charge in [-0.3, -0.25) is 0 Å². The molecule has 0 bridgehead atoms. The number of halogens is 2. The number of aliphatic hydroxyl groups is 1. The fourth-order valence-corrected chi connectivity index (χ4v) is 8.47. The predicted octanol–water partition coefficient (Wildman–Crippen LogP) is 4.51. The molecule has 0 saturated carbocycles. The van der Waals surface area contributed by atoms with Gasteiger partial charge in [-0.15, -0.1) is 0 Å². The number of carbonyl (C=O) groups is 1. The van der Waals surface area contributed by atoms with Crippen molar-refractivity contribution in [1.82, 2.24) is 4.90 Å². The van der Waals surface area contributed by atoms with Gasteiger partial charge in [-0.25, -0.2) is 4.79 Å². The van der Waals surface area contributed by atoms with Crippen LogP contribution in [0.1, 0.15) is 34.6 Å². The zero-order chi connectivity index (χ0) is 24.6. The summed E-state index contributed by atoms with van der Waals surface area (Å²) in [6.07, 6.45) is -3.17. The first-order chi connectivity index (χ1) is 15.5. The van der Waals surface area contributed by atoms with Gasteiger partial charge in [-0.05, 0) is 29.3 Å². The van der Waals surface area contributed by atoms with E-state index < -0.39 is 32.9 Å². The van der Waals surface area contributed by atoms with Crippen molar-refractivity contribution in [3.05, 3.63) is 72.5 Å². The smallest absolute Gasteiger partial charge is 0.406 e. The lowest BCUT2D eigenvalue weighted by Crippen LogP contribution is -2.67. The van der Waals surface area contributed by atoms with Gasteiger partial charge in [0.05, 0.1) is 6.61 Å². The van der Waals surface area contributed by atoms with Gasteiger partial charge in [-0.2, -0.15) is 8.78 Å². The largest absolute Gasteiger partial charge is 0.415 e. The zero-order valence-corrected chi connectivity index (χ0v) is 20.8. The number of hydrogen-bond acceptors (Lipinski definition) is 4. The van der Waals surface area contributed by atoms with Crippen molar-refractivity contribution in [3.8, 4) is 0 Å². The van der Waals surface area contributed by atoms with Crippen LogP contribution in [-0.2, 0) is 9.16 Å². The third kappa shape index (κ3) is 6.28. The SMILES string of the molecule is CC(C)N(CCO[Si](c1ccccc1)(c1ccccc1)C(C)(C)C)C(=O)OC(CO)=C(F)F. The Morgan fingerprint density at radius 3 is 1.85 bits per heavy atom. The molecule has 0 fully saturated rings. The van der Waals surface area contributed by atoms with Crippen LogP contribution >= 0.6 is 0 Å². The van der Waals surface area contributed by atoms with Crippen LogP contribution in [0, 0.1) is 0 Å². The van der Waals surface area contributed by atoms with Crippen molar-refractivity contribution in [2.24, 2.45) is 0 Å². The minimum atomic E-state index is -2.79. The van der Waals surface area contributed by atoms with Gasteiger partial charge in [0.15, 0.2) is 5.76 Å². The van der Waals surface area contributed by atoms with Crippen molar-refractivity contribution in [2.45, 2.75) is 45.7 Å². The molecule has 180 valence electrons. The van der Waals surface area contributed by atoms with Gasteiger partial charge in [0.25, 0.3) is 8.32 Å². The normalized spacial score (nSPS) is 11.9. The van der Waals surface area contributed by atoms with Crippen LogP contribution in [0.15, 0.2) is 72.5 Å². The minimum Gasteiger partial charge on any atom is -0.406 e. The summed E-state index contributed by atoms with van der Waals surface area (Å²) < 4.78 is 37.2. The number of amides is 1. The first kappa shape index (κ1) is 26.7. The van der Waals surface area contributed by atoms with Crippen molar-refractivity contribution < 1.29 is 27.8 Å². The summed E-state index contributed by atoms with van der Waals surface area (Å²) in [7, 11) is -2.79. The number of aliphatic hydroxyl groups excluding tert-OH is 1. The van der Waals surface area contributed by atoms with E-state index >= 15 is 0 Å². The van der Waals surface area contributed by atoms with Crippen molar-refractivity contribution in [3.63, 3.8) is 0 Å². The minimum absolute atomic E-state index is 0.146. The first-order valence-electron chi connectivity index (χ1n) is 10.9. The third-order valence-corrected chi connectivity index (χ3v) is 10.5. The van der Waals surface area contributed by atoms with E-state index in [-0.39, 0.29) is 24.2 Å². The molecule has 5 nitrogen and oxygen atoms in total. The Labute approximate surface area is 195 Å². The second-order valence-corrected chi connectivity index (χ2v) is 13.3. The number of ether oxygens (including phenoxy) is 1.